The summed E-state index contributed by atoms with van der Waals surface area (Å²) in [6.45, 7) is 3.76. The molecule has 3 unspecified atom stereocenters. The standard InChI is InChI=1S/C19H28O/c1-2-3-4-5-7-12-18-15-17(13-14-19(18)20)16-10-8-6-9-11-16/h2,6,8-11,17-20H,1,3-5,7,12-15H2. The van der Waals surface area contributed by atoms with Gasteiger partial charge in [-0.15, -0.1) is 6.58 Å². The summed E-state index contributed by atoms with van der Waals surface area (Å²) in [5.74, 6) is 1.15. The zero-order chi connectivity index (χ0) is 14.2. The summed E-state index contributed by atoms with van der Waals surface area (Å²) in [5.41, 5.74) is 1.45. The lowest BCUT2D eigenvalue weighted by Crippen LogP contribution is -2.28. The number of aliphatic hydroxyl groups is 1. The quantitative estimate of drug-likeness (QED) is 0.543. The second-order valence-corrected chi connectivity index (χ2v) is 6.17. The molecule has 0 amide bonds. The van der Waals surface area contributed by atoms with Crippen LogP contribution in [-0.2, 0) is 0 Å². The minimum Gasteiger partial charge on any atom is -0.393 e. The average Bonchev–Trinajstić information content (AvgIpc) is 2.49. The van der Waals surface area contributed by atoms with Crippen molar-refractivity contribution in [2.45, 2.75) is 63.4 Å². The Morgan fingerprint density at radius 3 is 2.65 bits per heavy atom. The summed E-state index contributed by atoms with van der Waals surface area (Å²) in [6, 6.07) is 10.8. The van der Waals surface area contributed by atoms with Crippen LogP contribution in [0.1, 0.15) is 62.8 Å². The molecule has 1 fully saturated rings. The highest BCUT2D eigenvalue weighted by Crippen LogP contribution is 2.38. The van der Waals surface area contributed by atoms with E-state index in [9.17, 15) is 5.11 Å². The fourth-order valence-electron chi connectivity index (χ4n) is 3.46. The van der Waals surface area contributed by atoms with Crippen molar-refractivity contribution in [1.82, 2.24) is 0 Å². The van der Waals surface area contributed by atoms with Gasteiger partial charge in [0.25, 0.3) is 0 Å². The molecular weight excluding hydrogens is 244 g/mol. The first-order chi connectivity index (χ1) is 9.81. The van der Waals surface area contributed by atoms with Crippen LogP contribution in [0.2, 0.25) is 0 Å². The van der Waals surface area contributed by atoms with Crippen LogP contribution in [0, 0.1) is 5.92 Å². The number of hydrogen-bond acceptors (Lipinski definition) is 1. The first-order valence-electron chi connectivity index (χ1n) is 8.15. The smallest absolute Gasteiger partial charge is 0.0568 e. The molecule has 0 spiro atoms. The lowest BCUT2D eigenvalue weighted by Gasteiger charge is -2.33. The van der Waals surface area contributed by atoms with Crippen LogP contribution in [0.15, 0.2) is 43.0 Å². The zero-order valence-electron chi connectivity index (χ0n) is 12.5. The van der Waals surface area contributed by atoms with Crippen LogP contribution < -0.4 is 0 Å². The van der Waals surface area contributed by atoms with Crippen LogP contribution >= 0.6 is 0 Å². The average molecular weight is 272 g/mol. The Morgan fingerprint density at radius 2 is 1.90 bits per heavy atom. The van der Waals surface area contributed by atoms with Crippen LogP contribution in [0.25, 0.3) is 0 Å². The van der Waals surface area contributed by atoms with Gasteiger partial charge in [-0.2, -0.15) is 0 Å². The third-order valence-corrected chi connectivity index (χ3v) is 4.70. The Hall–Kier alpha value is -1.08. The lowest BCUT2D eigenvalue weighted by molar-refractivity contribution is 0.0560. The maximum absolute atomic E-state index is 10.2. The summed E-state index contributed by atoms with van der Waals surface area (Å²) >= 11 is 0. The molecular formula is C19H28O. The van der Waals surface area contributed by atoms with Crippen LogP contribution in [0.3, 0.4) is 0 Å². The molecule has 110 valence electrons. The molecule has 1 aliphatic carbocycles. The molecule has 0 bridgehead atoms. The van der Waals surface area contributed by atoms with Gasteiger partial charge < -0.3 is 5.11 Å². The van der Waals surface area contributed by atoms with Crippen LogP contribution in [0.4, 0.5) is 0 Å². The molecule has 1 aromatic carbocycles. The van der Waals surface area contributed by atoms with Gasteiger partial charge in [-0.25, -0.2) is 0 Å². The molecule has 1 N–H and O–H groups in total. The van der Waals surface area contributed by atoms with Crippen molar-refractivity contribution in [1.29, 1.82) is 0 Å². The van der Waals surface area contributed by atoms with Crippen molar-refractivity contribution in [3.8, 4) is 0 Å². The van der Waals surface area contributed by atoms with Crippen molar-refractivity contribution >= 4 is 0 Å². The maximum Gasteiger partial charge on any atom is 0.0568 e. The van der Waals surface area contributed by atoms with E-state index in [0.29, 0.717) is 11.8 Å². The number of hydrogen-bond donors (Lipinski definition) is 1. The van der Waals surface area contributed by atoms with E-state index in [0.717, 1.165) is 25.7 Å². The second kappa shape index (κ2) is 8.26. The highest BCUT2D eigenvalue weighted by atomic mass is 16.3. The molecule has 2 rings (SSSR count). The van der Waals surface area contributed by atoms with Gasteiger partial charge in [-0.05, 0) is 55.9 Å². The fourth-order valence-corrected chi connectivity index (χ4v) is 3.46. The SMILES string of the molecule is C=CCCCCCC1CC(c2ccccc2)CCC1O. The number of rotatable bonds is 7. The Kier molecular flexibility index (Phi) is 6.32. The van der Waals surface area contributed by atoms with Gasteiger partial charge in [0.1, 0.15) is 0 Å². The Bertz CT molecular complexity index is 384. The molecule has 0 heterocycles. The minimum absolute atomic E-state index is 0.0747. The molecule has 1 saturated carbocycles. The predicted molar refractivity (Wildman–Crippen MR) is 85.8 cm³/mol. The van der Waals surface area contributed by atoms with E-state index in [2.05, 4.69) is 36.9 Å². The molecule has 1 nitrogen and oxygen atoms in total. The number of benzene rings is 1. The summed E-state index contributed by atoms with van der Waals surface area (Å²) in [6.07, 6.45) is 11.3. The van der Waals surface area contributed by atoms with Crippen molar-refractivity contribution < 1.29 is 5.11 Å². The number of aliphatic hydroxyl groups excluding tert-OH is 1. The molecule has 1 aliphatic rings. The summed E-state index contributed by atoms with van der Waals surface area (Å²) in [5, 5.41) is 10.2. The highest BCUT2D eigenvalue weighted by molar-refractivity contribution is 5.20. The summed E-state index contributed by atoms with van der Waals surface area (Å²) in [4.78, 5) is 0. The number of unbranched alkanes of at least 4 members (excludes halogenated alkanes) is 3. The first-order valence-corrected chi connectivity index (χ1v) is 8.15. The van der Waals surface area contributed by atoms with Gasteiger partial charge in [0.15, 0.2) is 0 Å². The molecule has 0 radical (unpaired) electrons. The monoisotopic (exact) mass is 272 g/mol. The minimum atomic E-state index is -0.0747. The lowest BCUT2D eigenvalue weighted by atomic mass is 9.74. The second-order valence-electron chi connectivity index (χ2n) is 6.17. The van der Waals surface area contributed by atoms with Crippen LogP contribution in [-0.4, -0.2) is 11.2 Å². The van der Waals surface area contributed by atoms with Crippen molar-refractivity contribution in [3.05, 3.63) is 48.6 Å². The number of allylic oxidation sites excluding steroid dienone is 1. The van der Waals surface area contributed by atoms with E-state index in [1.165, 1.54) is 31.2 Å². The molecule has 1 aromatic rings. The van der Waals surface area contributed by atoms with Gasteiger partial charge >= 0.3 is 0 Å². The van der Waals surface area contributed by atoms with E-state index in [4.69, 9.17) is 0 Å². The summed E-state index contributed by atoms with van der Waals surface area (Å²) < 4.78 is 0. The third kappa shape index (κ3) is 4.49. The third-order valence-electron chi connectivity index (χ3n) is 4.70. The van der Waals surface area contributed by atoms with E-state index in [-0.39, 0.29) is 6.10 Å². The topological polar surface area (TPSA) is 20.2 Å². The largest absolute Gasteiger partial charge is 0.393 e. The van der Waals surface area contributed by atoms with Gasteiger partial charge in [0.05, 0.1) is 6.10 Å². The predicted octanol–water partition coefficient (Wildman–Crippen LogP) is 5.07. The Balaban J connectivity index is 1.81. The van der Waals surface area contributed by atoms with Crippen molar-refractivity contribution in [2.75, 3.05) is 0 Å². The molecule has 0 aliphatic heterocycles. The van der Waals surface area contributed by atoms with Crippen LogP contribution in [0.5, 0.6) is 0 Å². The molecule has 3 atom stereocenters. The highest BCUT2D eigenvalue weighted by Gasteiger charge is 2.29. The molecule has 20 heavy (non-hydrogen) atoms. The van der Waals surface area contributed by atoms with Gasteiger partial charge in [-0.1, -0.05) is 49.2 Å². The zero-order valence-corrected chi connectivity index (χ0v) is 12.5. The molecule has 1 heteroatoms. The molecule has 0 saturated heterocycles. The van der Waals surface area contributed by atoms with Crippen molar-refractivity contribution in [2.24, 2.45) is 5.92 Å². The summed E-state index contributed by atoms with van der Waals surface area (Å²) in [7, 11) is 0. The normalized spacial score (nSPS) is 26.4. The van der Waals surface area contributed by atoms with E-state index in [1.54, 1.807) is 0 Å². The first kappa shape index (κ1) is 15.3. The van der Waals surface area contributed by atoms with E-state index in [1.807, 2.05) is 6.08 Å². The Labute approximate surface area is 123 Å². The maximum atomic E-state index is 10.2. The van der Waals surface area contributed by atoms with E-state index < -0.39 is 0 Å². The van der Waals surface area contributed by atoms with Gasteiger partial charge in [-0.3, -0.25) is 0 Å². The van der Waals surface area contributed by atoms with E-state index >= 15 is 0 Å². The fraction of sp³-hybridized carbons (Fsp3) is 0.579. The Morgan fingerprint density at radius 1 is 1.10 bits per heavy atom. The van der Waals surface area contributed by atoms with Gasteiger partial charge in [0.2, 0.25) is 0 Å². The van der Waals surface area contributed by atoms with Crippen molar-refractivity contribution in [3.63, 3.8) is 0 Å². The van der Waals surface area contributed by atoms with Gasteiger partial charge in [0, 0.05) is 0 Å². The molecule has 0 aromatic heterocycles.